The first-order chi connectivity index (χ1) is 9.24. The molecule has 3 aromatic rings. The van der Waals surface area contributed by atoms with Crippen LogP contribution in [0.5, 0.6) is 5.75 Å². The van der Waals surface area contributed by atoms with E-state index < -0.39 is 0 Å². The standard InChI is InChI=1S/C14H11N3O2/c18-9-11-5-6-17-14(8-11)15-13(16-17)7-10-1-3-12(19)4-2-10/h1-6,8-9,19H,7H2. The molecule has 0 fully saturated rings. The Hall–Kier alpha value is -2.69. The van der Waals surface area contributed by atoms with Gasteiger partial charge in [0.15, 0.2) is 11.5 Å². The molecule has 0 saturated heterocycles. The third-order valence-corrected chi connectivity index (χ3v) is 2.84. The average Bonchev–Trinajstić information content (AvgIpc) is 2.82. The minimum Gasteiger partial charge on any atom is -0.508 e. The normalized spacial score (nSPS) is 10.7. The molecule has 5 nitrogen and oxygen atoms in total. The Labute approximate surface area is 109 Å². The summed E-state index contributed by atoms with van der Waals surface area (Å²) in [7, 11) is 0. The molecule has 94 valence electrons. The predicted octanol–water partition coefficient (Wildman–Crippen LogP) is 1.84. The number of pyridine rings is 1. The van der Waals surface area contributed by atoms with Crippen LogP contribution in [-0.4, -0.2) is 26.0 Å². The van der Waals surface area contributed by atoms with E-state index in [1.165, 1.54) is 0 Å². The summed E-state index contributed by atoms with van der Waals surface area (Å²) >= 11 is 0. The summed E-state index contributed by atoms with van der Waals surface area (Å²) in [6.45, 7) is 0. The van der Waals surface area contributed by atoms with Gasteiger partial charge < -0.3 is 5.11 Å². The van der Waals surface area contributed by atoms with Crippen LogP contribution in [0.15, 0.2) is 42.6 Å². The highest BCUT2D eigenvalue weighted by Crippen LogP contribution is 2.13. The zero-order chi connectivity index (χ0) is 13.2. The van der Waals surface area contributed by atoms with Crippen LogP contribution in [0.3, 0.4) is 0 Å². The number of nitrogens with zero attached hydrogens (tertiary/aromatic N) is 3. The number of aldehydes is 1. The largest absolute Gasteiger partial charge is 0.508 e. The molecule has 0 atom stereocenters. The summed E-state index contributed by atoms with van der Waals surface area (Å²) in [5, 5.41) is 13.6. The summed E-state index contributed by atoms with van der Waals surface area (Å²) in [5.74, 6) is 0.913. The second-order valence-electron chi connectivity index (χ2n) is 4.25. The summed E-state index contributed by atoms with van der Waals surface area (Å²) in [4.78, 5) is 15.1. The molecule has 0 spiro atoms. The molecule has 0 aliphatic heterocycles. The molecule has 2 heterocycles. The number of carbonyl (C=O) groups excluding carboxylic acids is 1. The Balaban J connectivity index is 1.92. The van der Waals surface area contributed by atoms with Crippen molar-refractivity contribution in [2.24, 2.45) is 0 Å². The van der Waals surface area contributed by atoms with Crippen molar-refractivity contribution < 1.29 is 9.90 Å². The Morgan fingerprint density at radius 1 is 1.21 bits per heavy atom. The van der Waals surface area contributed by atoms with Gasteiger partial charge in [-0.05, 0) is 29.8 Å². The van der Waals surface area contributed by atoms with E-state index in [0.29, 0.717) is 23.5 Å². The number of aromatic nitrogens is 3. The second kappa shape index (κ2) is 4.53. The van der Waals surface area contributed by atoms with Crippen molar-refractivity contribution in [2.45, 2.75) is 6.42 Å². The van der Waals surface area contributed by atoms with Crippen molar-refractivity contribution >= 4 is 11.9 Å². The zero-order valence-corrected chi connectivity index (χ0v) is 10.0. The lowest BCUT2D eigenvalue weighted by atomic mass is 10.1. The molecule has 5 heteroatoms. The highest BCUT2D eigenvalue weighted by Gasteiger charge is 2.05. The van der Waals surface area contributed by atoms with Gasteiger partial charge in [0.1, 0.15) is 12.0 Å². The summed E-state index contributed by atoms with van der Waals surface area (Å²) in [6, 6.07) is 10.3. The number of phenols is 1. The second-order valence-corrected chi connectivity index (χ2v) is 4.25. The molecule has 19 heavy (non-hydrogen) atoms. The summed E-state index contributed by atoms with van der Waals surface area (Å²) in [5.41, 5.74) is 2.25. The molecule has 0 saturated carbocycles. The third kappa shape index (κ3) is 2.30. The van der Waals surface area contributed by atoms with Gasteiger partial charge in [-0.15, -0.1) is 0 Å². The molecule has 0 radical (unpaired) electrons. The Morgan fingerprint density at radius 2 is 2.00 bits per heavy atom. The number of benzene rings is 1. The van der Waals surface area contributed by atoms with Gasteiger partial charge in [-0.3, -0.25) is 4.79 Å². The molecule has 0 amide bonds. The fourth-order valence-electron chi connectivity index (χ4n) is 1.89. The van der Waals surface area contributed by atoms with Crippen LogP contribution in [0.2, 0.25) is 0 Å². The quantitative estimate of drug-likeness (QED) is 0.723. The maximum Gasteiger partial charge on any atom is 0.156 e. The molecule has 0 aliphatic rings. The van der Waals surface area contributed by atoms with Crippen LogP contribution in [0.4, 0.5) is 0 Å². The van der Waals surface area contributed by atoms with Gasteiger partial charge in [0.2, 0.25) is 0 Å². The third-order valence-electron chi connectivity index (χ3n) is 2.84. The van der Waals surface area contributed by atoms with Gasteiger partial charge in [0, 0.05) is 18.2 Å². The van der Waals surface area contributed by atoms with Crippen LogP contribution in [0.25, 0.3) is 5.65 Å². The molecule has 1 N–H and O–H groups in total. The molecule has 0 aliphatic carbocycles. The van der Waals surface area contributed by atoms with E-state index in [2.05, 4.69) is 10.1 Å². The maximum absolute atomic E-state index is 10.7. The monoisotopic (exact) mass is 253 g/mol. The van der Waals surface area contributed by atoms with E-state index >= 15 is 0 Å². The van der Waals surface area contributed by atoms with Crippen molar-refractivity contribution in [3.63, 3.8) is 0 Å². The molecule has 1 aromatic carbocycles. The highest BCUT2D eigenvalue weighted by molar-refractivity contribution is 5.76. The lowest BCUT2D eigenvalue weighted by Crippen LogP contribution is -1.92. The van der Waals surface area contributed by atoms with E-state index in [0.717, 1.165) is 11.8 Å². The van der Waals surface area contributed by atoms with E-state index in [4.69, 9.17) is 0 Å². The van der Waals surface area contributed by atoms with E-state index in [9.17, 15) is 9.90 Å². The Morgan fingerprint density at radius 3 is 2.74 bits per heavy atom. The van der Waals surface area contributed by atoms with E-state index in [1.807, 2.05) is 12.1 Å². The fraction of sp³-hybridized carbons (Fsp3) is 0.0714. The lowest BCUT2D eigenvalue weighted by Gasteiger charge is -1.96. The minimum absolute atomic E-state index is 0.238. The van der Waals surface area contributed by atoms with E-state index in [-0.39, 0.29) is 5.75 Å². The molecular formula is C14H11N3O2. The lowest BCUT2D eigenvalue weighted by molar-refractivity contribution is 0.112. The first-order valence-electron chi connectivity index (χ1n) is 5.83. The van der Waals surface area contributed by atoms with Gasteiger partial charge in [-0.25, -0.2) is 9.50 Å². The SMILES string of the molecule is O=Cc1ccn2nc(Cc3ccc(O)cc3)nc2c1. The number of aromatic hydroxyl groups is 1. The first kappa shape index (κ1) is 11.4. The Kier molecular flexibility index (Phi) is 2.72. The van der Waals surface area contributed by atoms with Crippen molar-refractivity contribution in [3.8, 4) is 5.75 Å². The summed E-state index contributed by atoms with van der Waals surface area (Å²) < 4.78 is 1.64. The van der Waals surface area contributed by atoms with Gasteiger partial charge >= 0.3 is 0 Å². The minimum atomic E-state index is 0.238. The van der Waals surface area contributed by atoms with Gasteiger partial charge in [0.05, 0.1) is 0 Å². The highest BCUT2D eigenvalue weighted by atomic mass is 16.3. The molecule has 0 unspecified atom stereocenters. The van der Waals surface area contributed by atoms with Crippen LogP contribution in [-0.2, 0) is 6.42 Å². The number of phenolic OH excluding ortho intramolecular Hbond substituents is 1. The number of rotatable bonds is 3. The maximum atomic E-state index is 10.7. The number of carbonyl (C=O) groups is 1. The van der Waals surface area contributed by atoms with Crippen molar-refractivity contribution in [3.05, 3.63) is 59.5 Å². The van der Waals surface area contributed by atoms with Crippen molar-refractivity contribution in [1.82, 2.24) is 14.6 Å². The van der Waals surface area contributed by atoms with Crippen molar-refractivity contribution in [1.29, 1.82) is 0 Å². The van der Waals surface area contributed by atoms with Gasteiger partial charge in [-0.1, -0.05) is 12.1 Å². The molecule has 3 rings (SSSR count). The topological polar surface area (TPSA) is 67.5 Å². The molecular weight excluding hydrogens is 242 g/mol. The average molecular weight is 253 g/mol. The van der Waals surface area contributed by atoms with Crippen LogP contribution in [0.1, 0.15) is 21.7 Å². The first-order valence-corrected chi connectivity index (χ1v) is 5.83. The zero-order valence-electron chi connectivity index (χ0n) is 10.0. The number of fused-ring (bicyclic) bond motifs is 1. The van der Waals surface area contributed by atoms with Crippen LogP contribution < -0.4 is 0 Å². The fourth-order valence-corrected chi connectivity index (χ4v) is 1.89. The molecule has 0 bridgehead atoms. The van der Waals surface area contributed by atoms with Gasteiger partial charge in [-0.2, -0.15) is 5.10 Å². The number of hydrogen-bond acceptors (Lipinski definition) is 4. The predicted molar refractivity (Wildman–Crippen MR) is 69.3 cm³/mol. The van der Waals surface area contributed by atoms with Crippen LogP contribution in [0, 0.1) is 0 Å². The summed E-state index contributed by atoms with van der Waals surface area (Å²) in [6.07, 6.45) is 3.08. The van der Waals surface area contributed by atoms with Crippen molar-refractivity contribution in [2.75, 3.05) is 0 Å². The van der Waals surface area contributed by atoms with Gasteiger partial charge in [0.25, 0.3) is 0 Å². The van der Waals surface area contributed by atoms with Crippen LogP contribution >= 0.6 is 0 Å². The molecule has 2 aromatic heterocycles. The Bertz CT molecular complexity index is 732. The smallest absolute Gasteiger partial charge is 0.156 e. The van der Waals surface area contributed by atoms with E-state index in [1.54, 1.807) is 35.0 Å². The number of hydrogen-bond donors (Lipinski definition) is 1.